The number of hydrogen-bond acceptors (Lipinski definition) is 11. The Bertz CT molecular complexity index is 1120. The maximum atomic E-state index is 13.4. The van der Waals surface area contributed by atoms with Crippen LogP contribution in [0.4, 0.5) is 0 Å². The molecule has 0 spiro atoms. The molecular weight excluding hydrogens is 472 g/mol. The Morgan fingerprint density at radius 1 is 0.972 bits per heavy atom. The molecule has 0 aromatic heterocycles. The topological polar surface area (TPSA) is 122 Å². The van der Waals surface area contributed by atoms with E-state index in [0.29, 0.717) is 17.8 Å². The molecule has 11 nitrogen and oxygen atoms in total. The van der Waals surface area contributed by atoms with Crippen LogP contribution in [0.3, 0.4) is 0 Å². The lowest BCUT2D eigenvalue weighted by Crippen LogP contribution is -2.33. The van der Waals surface area contributed by atoms with E-state index in [1.807, 2.05) is 19.0 Å². The molecule has 1 aromatic rings. The van der Waals surface area contributed by atoms with Gasteiger partial charge in [-0.3, -0.25) is 0 Å². The van der Waals surface area contributed by atoms with Crippen molar-refractivity contribution in [3.05, 3.63) is 39.7 Å². The fourth-order valence-electron chi connectivity index (χ4n) is 4.33. The minimum absolute atomic E-state index is 0.0117. The average molecular weight is 505 g/mol. The van der Waals surface area contributed by atoms with Crippen molar-refractivity contribution in [2.75, 3.05) is 55.4 Å². The number of nitrogens with zero attached hydrogens (tertiary/aromatic N) is 1. The first-order valence-electron chi connectivity index (χ1n) is 11.3. The van der Waals surface area contributed by atoms with Crippen molar-refractivity contribution in [2.45, 2.75) is 26.2 Å². The minimum atomic E-state index is -1.04. The lowest BCUT2D eigenvalue weighted by molar-refractivity contribution is -0.139. The molecule has 1 unspecified atom stereocenters. The summed E-state index contributed by atoms with van der Waals surface area (Å²) in [5.41, 5.74) is 1.48. The van der Waals surface area contributed by atoms with E-state index in [1.165, 1.54) is 21.3 Å². The van der Waals surface area contributed by atoms with Gasteiger partial charge < -0.3 is 38.6 Å². The Morgan fingerprint density at radius 3 is 2.17 bits per heavy atom. The number of ether oxygens (including phenoxy) is 6. The highest BCUT2D eigenvalue weighted by atomic mass is 16.7. The van der Waals surface area contributed by atoms with Crippen LogP contribution in [0.1, 0.15) is 42.1 Å². The Hall–Kier alpha value is -3.73. The van der Waals surface area contributed by atoms with Gasteiger partial charge in [0.25, 0.3) is 0 Å². The monoisotopic (exact) mass is 504 g/mol. The minimum Gasteiger partial charge on any atom is -0.493 e. The summed E-state index contributed by atoms with van der Waals surface area (Å²) in [5.74, 6) is -2.49. The van der Waals surface area contributed by atoms with Gasteiger partial charge >= 0.3 is 17.9 Å². The van der Waals surface area contributed by atoms with E-state index >= 15 is 0 Å². The van der Waals surface area contributed by atoms with Gasteiger partial charge in [-0.25, -0.2) is 14.4 Å². The SMILES string of the molecule is COC(=O)C1=C(C)NC(C)=C(C(=O)OCCCN(C)C)C1c1cc(OC)c2c(c1C(=O)OC)OCO2. The summed E-state index contributed by atoms with van der Waals surface area (Å²) in [6.45, 7) is 4.14. The van der Waals surface area contributed by atoms with E-state index in [2.05, 4.69) is 5.32 Å². The number of hydrogen-bond donors (Lipinski definition) is 1. The van der Waals surface area contributed by atoms with Crippen LogP contribution in [-0.2, 0) is 23.8 Å². The van der Waals surface area contributed by atoms with Crippen LogP contribution >= 0.6 is 0 Å². The van der Waals surface area contributed by atoms with E-state index in [-0.39, 0.29) is 52.9 Å². The molecule has 1 atom stereocenters. The first-order valence-corrected chi connectivity index (χ1v) is 11.3. The molecule has 11 heteroatoms. The molecule has 196 valence electrons. The van der Waals surface area contributed by atoms with Crippen LogP contribution in [0, 0.1) is 0 Å². The molecule has 1 N–H and O–H groups in total. The number of rotatable bonds is 9. The van der Waals surface area contributed by atoms with Gasteiger partial charge in [0.2, 0.25) is 12.5 Å². The molecule has 3 rings (SSSR count). The zero-order valence-electron chi connectivity index (χ0n) is 21.6. The van der Waals surface area contributed by atoms with Crippen molar-refractivity contribution in [1.82, 2.24) is 10.2 Å². The molecule has 0 bridgehead atoms. The molecule has 2 aliphatic rings. The van der Waals surface area contributed by atoms with Crippen LogP contribution in [0.15, 0.2) is 28.6 Å². The smallest absolute Gasteiger partial charge is 0.342 e. The Morgan fingerprint density at radius 2 is 1.58 bits per heavy atom. The zero-order valence-corrected chi connectivity index (χ0v) is 21.6. The average Bonchev–Trinajstić information content (AvgIpc) is 3.33. The van der Waals surface area contributed by atoms with Gasteiger partial charge in [0.15, 0.2) is 11.5 Å². The highest BCUT2D eigenvalue weighted by molar-refractivity contribution is 6.03. The molecule has 36 heavy (non-hydrogen) atoms. The molecule has 0 amide bonds. The fraction of sp³-hybridized carbons (Fsp3) is 0.480. The lowest BCUT2D eigenvalue weighted by atomic mass is 9.78. The first kappa shape index (κ1) is 26.9. The Balaban J connectivity index is 2.23. The zero-order chi connectivity index (χ0) is 26.6. The Labute approximate surface area is 209 Å². The predicted octanol–water partition coefficient (Wildman–Crippen LogP) is 2.11. The van der Waals surface area contributed by atoms with Crippen molar-refractivity contribution in [3.63, 3.8) is 0 Å². The van der Waals surface area contributed by atoms with Crippen molar-refractivity contribution < 1.29 is 42.8 Å². The number of dihydropyridines is 1. The van der Waals surface area contributed by atoms with Gasteiger partial charge in [0.05, 0.1) is 45.0 Å². The summed E-state index contributed by atoms with van der Waals surface area (Å²) in [4.78, 5) is 41.4. The molecule has 0 saturated carbocycles. The predicted molar refractivity (Wildman–Crippen MR) is 128 cm³/mol. The van der Waals surface area contributed by atoms with E-state index in [9.17, 15) is 14.4 Å². The summed E-state index contributed by atoms with van der Waals surface area (Å²) in [5, 5.41) is 3.07. The number of methoxy groups -OCH3 is 3. The summed E-state index contributed by atoms with van der Waals surface area (Å²) in [6.07, 6.45) is 0.618. The summed E-state index contributed by atoms with van der Waals surface area (Å²) < 4.78 is 32.3. The number of allylic oxidation sites excluding steroid dienone is 2. The van der Waals surface area contributed by atoms with Gasteiger partial charge in [0, 0.05) is 17.9 Å². The molecular formula is C25H32N2O9. The lowest BCUT2D eigenvalue weighted by Gasteiger charge is -2.31. The largest absolute Gasteiger partial charge is 0.493 e. The highest BCUT2D eigenvalue weighted by Gasteiger charge is 2.42. The molecule has 0 aliphatic carbocycles. The van der Waals surface area contributed by atoms with E-state index < -0.39 is 23.8 Å². The normalized spacial score (nSPS) is 16.6. The third-order valence-corrected chi connectivity index (χ3v) is 5.93. The molecule has 2 heterocycles. The molecule has 0 fully saturated rings. The summed E-state index contributed by atoms with van der Waals surface area (Å²) in [6, 6.07) is 1.54. The number of carbonyl (C=O) groups is 3. The maximum absolute atomic E-state index is 13.4. The Kier molecular flexibility index (Phi) is 8.46. The second-order valence-corrected chi connectivity index (χ2v) is 8.52. The van der Waals surface area contributed by atoms with Crippen LogP contribution in [0.5, 0.6) is 17.2 Å². The van der Waals surface area contributed by atoms with Gasteiger partial charge in [-0.1, -0.05) is 0 Å². The van der Waals surface area contributed by atoms with Crippen LogP contribution < -0.4 is 19.5 Å². The van der Waals surface area contributed by atoms with Crippen molar-refractivity contribution in [1.29, 1.82) is 0 Å². The second-order valence-electron chi connectivity index (χ2n) is 8.52. The van der Waals surface area contributed by atoms with Gasteiger partial charge in [-0.15, -0.1) is 0 Å². The van der Waals surface area contributed by atoms with E-state index in [4.69, 9.17) is 28.4 Å². The second kappa shape index (κ2) is 11.3. The van der Waals surface area contributed by atoms with Crippen LogP contribution in [0.2, 0.25) is 0 Å². The van der Waals surface area contributed by atoms with Gasteiger partial charge in [0.1, 0.15) is 5.56 Å². The number of nitrogens with one attached hydrogen (secondary N) is 1. The van der Waals surface area contributed by atoms with E-state index in [1.54, 1.807) is 19.9 Å². The van der Waals surface area contributed by atoms with Crippen LogP contribution in [0.25, 0.3) is 0 Å². The first-order chi connectivity index (χ1) is 17.2. The number of benzene rings is 1. The fourth-order valence-corrected chi connectivity index (χ4v) is 4.33. The molecule has 0 radical (unpaired) electrons. The molecule has 1 aromatic carbocycles. The quantitative estimate of drug-likeness (QED) is 0.302. The van der Waals surface area contributed by atoms with Crippen molar-refractivity contribution >= 4 is 17.9 Å². The van der Waals surface area contributed by atoms with Gasteiger partial charge in [-0.2, -0.15) is 0 Å². The number of carbonyl (C=O) groups excluding carboxylic acids is 3. The van der Waals surface area contributed by atoms with Crippen molar-refractivity contribution in [3.8, 4) is 17.2 Å². The third-order valence-electron chi connectivity index (χ3n) is 5.93. The third kappa shape index (κ3) is 5.11. The standard InChI is InChI=1S/C25H32N2O9/c1-13-17(23(28)32-6)19(18(14(2)26-13)25(30)34-10-8-9-27(3)4)15-11-16(31-5)21-22(36-12-35-21)20(15)24(29)33-7/h11,19,26H,8-10,12H2,1-7H3. The van der Waals surface area contributed by atoms with Crippen LogP contribution in [-0.4, -0.2) is 78.2 Å². The van der Waals surface area contributed by atoms with Gasteiger partial charge in [-0.05, 0) is 46.0 Å². The number of fused-ring (bicyclic) bond motifs is 1. The molecule has 0 saturated heterocycles. The highest BCUT2D eigenvalue weighted by Crippen LogP contribution is 2.50. The summed E-state index contributed by atoms with van der Waals surface area (Å²) >= 11 is 0. The van der Waals surface area contributed by atoms with E-state index in [0.717, 1.165) is 6.54 Å². The maximum Gasteiger partial charge on any atom is 0.342 e. The van der Waals surface area contributed by atoms with Crippen molar-refractivity contribution in [2.24, 2.45) is 0 Å². The molecule has 2 aliphatic heterocycles. The number of esters is 3. The summed E-state index contributed by atoms with van der Waals surface area (Å²) in [7, 11) is 7.75.